The van der Waals surface area contributed by atoms with Gasteiger partial charge in [0.25, 0.3) is 5.91 Å². The Kier molecular flexibility index (Phi) is 6.34. The molecule has 0 aromatic heterocycles. The number of hydrogen-bond acceptors (Lipinski definition) is 3. The van der Waals surface area contributed by atoms with Crippen LogP contribution in [-0.4, -0.2) is 22.9 Å². The normalized spacial score (nSPS) is 10.6. The van der Waals surface area contributed by atoms with E-state index >= 15 is 0 Å². The van der Waals surface area contributed by atoms with E-state index in [4.69, 9.17) is 5.11 Å². The summed E-state index contributed by atoms with van der Waals surface area (Å²) in [6.07, 6.45) is 0.431. The molecular weight excluding hydrogens is 344 g/mol. The average molecular weight is 368 g/mol. The lowest BCUT2D eigenvalue weighted by Crippen LogP contribution is -2.16. The molecule has 2 aromatic carbocycles. The average Bonchev–Trinajstić information content (AvgIpc) is 2.57. The van der Waals surface area contributed by atoms with Crippen molar-refractivity contribution in [2.45, 2.75) is 34.1 Å². The maximum Gasteiger partial charge on any atom is 0.335 e. The first kappa shape index (κ1) is 20.2. The fourth-order valence-corrected chi connectivity index (χ4v) is 2.60. The molecule has 0 aliphatic carbocycles. The van der Waals surface area contributed by atoms with Crippen molar-refractivity contribution in [3.63, 3.8) is 0 Å². The van der Waals surface area contributed by atoms with Gasteiger partial charge in [-0.05, 0) is 61.2 Å². The molecule has 6 nitrogen and oxygen atoms in total. The first-order chi connectivity index (χ1) is 12.7. The van der Waals surface area contributed by atoms with E-state index in [1.165, 1.54) is 12.1 Å². The molecule has 0 unspecified atom stereocenters. The summed E-state index contributed by atoms with van der Waals surface area (Å²) < 4.78 is 0. The molecule has 0 bridgehead atoms. The molecule has 142 valence electrons. The van der Waals surface area contributed by atoms with Crippen molar-refractivity contribution < 1.29 is 19.5 Å². The zero-order valence-electron chi connectivity index (χ0n) is 15.9. The highest BCUT2D eigenvalue weighted by Crippen LogP contribution is 2.21. The van der Waals surface area contributed by atoms with E-state index in [2.05, 4.69) is 10.6 Å². The highest BCUT2D eigenvalue weighted by molar-refractivity contribution is 6.06. The molecule has 2 aromatic rings. The van der Waals surface area contributed by atoms with Crippen LogP contribution in [0, 0.1) is 19.8 Å². The second-order valence-electron chi connectivity index (χ2n) is 6.96. The minimum atomic E-state index is -1.05. The van der Waals surface area contributed by atoms with Crippen molar-refractivity contribution in [1.82, 2.24) is 0 Å². The molecule has 0 saturated carbocycles. The Labute approximate surface area is 158 Å². The van der Waals surface area contributed by atoms with Crippen molar-refractivity contribution in [2.75, 3.05) is 10.6 Å². The molecule has 6 heteroatoms. The van der Waals surface area contributed by atoms with E-state index in [0.717, 1.165) is 11.1 Å². The number of anilines is 2. The number of amides is 2. The van der Waals surface area contributed by atoms with Crippen molar-refractivity contribution in [1.29, 1.82) is 0 Å². The Balaban J connectivity index is 2.16. The van der Waals surface area contributed by atoms with E-state index in [1.807, 2.05) is 20.8 Å². The van der Waals surface area contributed by atoms with Crippen LogP contribution in [0.15, 0.2) is 36.4 Å². The Morgan fingerprint density at radius 2 is 1.56 bits per heavy atom. The molecular formula is C21H24N2O4. The topological polar surface area (TPSA) is 95.5 Å². The fraction of sp³-hybridized carbons (Fsp3) is 0.286. The van der Waals surface area contributed by atoms with Crippen LogP contribution in [-0.2, 0) is 4.79 Å². The second-order valence-corrected chi connectivity index (χ2v) is 6.96. The van der Waals surface area contributed by atoms with Crippen LogP contribution >= 0.6 is 0 Å². The maximum atomic E-state index is 12.5. The SMILES string of the molecule is Cc1cc(C(=O)Nc2cc(C(=O)O)ccc2C)ccc1NC(=O)CC(C)C. The largest absolute Gasteiger partial charge is 0.478 e. The van der Waals surface area contributed by atoms with Crippen LogP contribution in [0.3, 0.4) is 0 Å². The number of carbonyl (C=O) groups is 3. The third kappa shape index (κ3) is 5.41. The van der Waals surface area contributed by atoms with E-state index in [1.54, 1.807) is 31.2 Å². The Hall–Kier alpha value is -3.15. The number of hydrogen-bond donors (Lipinski definition) is 3. The summed E-state index contributed by atoms with van der Waals surface area (Å²) >= 11 is 0. The number of carboxylic acids is 1. The van der Waals surface area contributed by atoms with Gasteiger partial charge in [-0.25, -0.2) is 4.79 Å². The summed E-state index contributed by atoms with van der Waals surface area (Å²) in [5.41, 5.74) is 3.19. The Morgan fingerprint density at radius 3 is 2.15 bits per heavy atom. The van der Waals surface area contributed by atoms with Gasteiger partial charge >= 0.3 is 5.97 Å². The number of nitrogens with one attached hydrogen (secondary N) is 2. The fourth-order valence-electron chi connectivity index (χ4n) is 2.60. The molecule has 0 saturated heterocycles. The summed E-state index contributed by atoms with van der Waals surface area (Å²) in [5.74, 6) is -1.20. The second kappa shape index (κ2) is 8.49. The van der Waals surface area contributed by atoms with Crippen LogP contribution in [0.25, 0.3) is 0 Å². The molecule has 0 aliphatic rings. The molecule has 0 fully saturated rings. The predicted molar refractivity (Wildman–Crippen MR) is 105 cm³/mol. The van der Waals surface area contributed by atoms with Crippen LogP contribution in [0.1, 0.15) is 52.1 Å². The number of carboxylic acid groups (broad SMARTS) is 1. The number of aryl methyl sites for hydroxylation is 2. The van der Waals surface area contributed by atoms with Crippen LogP contribution < -0.4 is 10.6 Å². The van der Waals surface area contributed by atoms with Crippen LogP contribution in [0.2, 0.25) is 0 Å². The quantitative estimate of drug-likeness (QED) is 0.711. The zero-order valence-corrected chi connectivity index (χ0v) is 15.9. The third-order valence-corrected chi connectivity index (χ3v) is 4.09. The lowest BCUT2D eigenvalue weighted by atomic mass is 10.1. The molecule has 0 spiro atoms. The molecule has 2 rings (SSSR count). The highest BCUT2D eigenvalue weighted by Gasteiger charge is 2.13. The molecule has 27 heavy (non-hydrogen) atoms. The zero-order chi connectivity index (χ0) is 20.1. The van der Waals surface area contributed by atoms with Gasteiger partial charge in [0.2, 0.25) is 5.91 Å². The van der Waals surface area contributed by atoms with Crippen molar-refractivity contribution in [3.05, 3.63) is 58.7 Å². The van der Waals surface area contributed by atoms with Crippen molar-refractivity contribution in [3.8, 4) is 0 Å². The van der Waals surface area contributed by atoms with Gasteiger partial charge in [0.1, 0.15) is 0 Å². The van der Waals surface area contributed by atoms with Crippen LogP contribution in [0.4, 0.5) is 11.4 Å². The molecule has 2 amide bonds. The van der Waals surface area contributed by atoms with E-state index in [9.17, 15) is 14.4 Å². The van der Waals surface area contributed by atoms with Gasteiger partial charge in [-0.1, -0.05) is 19.9 Å². The van der Waals surface area contributed by atoms with Gasteiger partial charge in [-0.3, -0.25) is 9.59 Å². The van der Waals surface area contributed by atoms with Crippen LogP contribution in [0.5, 0.6) is 0 Å². The van der Waals surface area contributed by atoms with Gasteiger partial charge in [0.15, 0.2) is 0 Å². The van der Waals surface area contributed by atoms with Gasteiger partial charge in [-0.2, -0.15) is 0 Å². The maximum absolute atomic E-state index is 12.5. The molecule has 0 atom stereocenters. The van der Waals surface area contributed by atoms with E-state index in [0.29, 0.717) is 23.4 Å². The third-order valence-electron chi connectivity index (χ3n) is 4.09. The molecule has 3 N–H and O–H groups in total. The first-order valence-electron chi connectivity index (χ1n) is 8.73. The molecule has 0 heterocycles. The summed E-state index contributed by atoms with van der Waals surface area (Å²) in [6, 6.07) is 9.59. The number of benzene rings is 2. The number of carbonyl (C=O) groups excluding carboxylic acids is 2. The standard InChI is InChI=1S/C21H24N2O4/c1-12(2)9-19(24)22-17-8-7-15(10-14(17)4)20(25)23-18-11-16(21(26)27)6-5-13(18)3/h5-8,10-12H,9H2,1-4H3,(H,22,24)(H,23,25)(H,26,27). The van der Waals surface area contributed by atoms with Gasteiger partial charge in [0.05, 0.1) is 5.56 Å². The smallest absolute Gasteiger partial charge is 0.335 e. The predicted octanol–water partition coefficient (Wildman–Crippen LogP) is 4.24. The summed E-state index contributed by atoms with van der Waals surface area (Å²) in [5, 5.41) is 14.7. The van der Waals surface area contributed by atoms with Crippen molar-refractivity contribution >= 4 is 29.2 Å². The number of rotatable bonds is 6. The molecule has 0 radical (unpaired) electrons. The van der Waals surface area contributed by atoms with Gasteiger partial charge < -0.3 is 15.7 Å². The molecule has 0 aliphatic heterocycles. The van der Waals surface area contributed by atoms with E-state index < -0.39 is 5.97 Å². The number of aromatic carboxylic acids is 1. The summed E-state index contributed by atoms with van der Waals surface area (Å²) in [4.78, 5) is 35.6. The monoisotopic (exact) mass is 368 g/mol. The highest BCUT2D eigenvalue weighted by atomic mass is 16.4. The first-order valence-corrected chi connectivity index (χ1v) is 8.73. The Morgan fingerprint density at radius 1 is 0.889 bits per heavy atom. The summed E-state index contributed by atoms with van der Waals surface area (Å²) in [7, 11) is 0. The minimum absolute atomic E-state index is 0.0635. The minimum Gasteiger partial charge on any atom is -0.478 e. The Bertz CT molecular complexity index is 888. The lowest BCUT2D eigenvalue weighted by Gasteiger charge is -2.13. The van der Waals surface area contributed by atoms with Crippen molar-refractivity contribution in [2.24, 2.45) is 5.92 Å². The summed E-state index contributed by atoms with van der Waals surface area (Å²) in [6.45, 7) is 7.56. The van der Waals surface area contributed by atoms with Gasteiger partial charge in [0, 0.05) is 23.4 Å². The van der Waals surface area contributed by atoms with E-state index in [-0.39, 0.29) is 23.3 Å². The lowest BCUT2D eigenvalue weighted by molar-refractivity contribution is -0.116. The van der Waals surface area contributed by atoms with Gasteiger partial charge in [-0.15, -0.1) is 0 Å².